The van der Waals surface area contributed by atoms with Crippen molar-refractivity contribution in [3.8, 4) is 0 Å². The molecule has 4 nitrogen and oxygen atoms in total. The van der Waals surface area contributed by atoms with Gasteiger partial charge < -0.3 is 4.90 Å². The number of rotatable bonds is 4. The van der Waals surface area contributed by atoms with Crippen molar-refractivity contribution in [3.63, 3.8) is 0 Å². The Kier molecular flexibility index (Phi) is 4.96. The average molecular weight is 385 g/mol. The van der Waals surface area contributed by atoms with E-state index in [1.165, 1.54) is 17.0 Å². The minimum Gasteiger partial charge on any atom is -0.378 e. The van der Waals surface area contributed by atoms with E-state index in [9.17, 15) is 9.18 Å². The summed E-state index contributed by atoms with van der Waals surface area (Å²) in [4.78, 5) is 21.4. The molecule has 0 spiro atoms. The molecule has 1 aliphatic rings. The van der Waals surface area contributed by atoms with Gasteiger partial charge in [0.05, 0.1) is 5.69 Å². The third-order valence-corrected chi connectivity index (χ3v) is 4.69. The van der Waals surface area contributed by atoms with Crippen molar-refractivity contribution in [2.24, 2.45) is 4.99 Å². The van der Waals surface area contributed by atoms with Gasteiger partial charge in [-0.25, -0.2) is 9.38 Å². The first-order valence-electron chi connectivity index (χ1n) is 9.26. The zero-order chi connectivity index (χ0) is 20.4. The molecule has 0 saturated carbocycles. The molecule has 0 saturated heterocycles. The molecule has 3 aromatic carbocycles. The fraction of sp³-hybridized carbons (Fsp3) is 0.0833. The van der Waals surface area contributed by atoms with Crippen LogP contribution in [0.4, 0.5) is 15.8 Å². The molecule has 0 fully saturated rings. The minimum atomic E-state index is -0.352. The van der Waals surface area contributed by atoms with Crippen LogP contribution in [-0.4, -0.2) is 25.8 Å². The van der Waals surface area contributed by atoms with Crippen LogP contribution in [0.25, 0.3) is 6.08 Å². The average Bonchev–Trinajstić information content (AvgIpc) is 3.06. The Labute approximate surface area is 169 Å². The van der Waals surface area contributed by atoms with Crippen LogP contribution in [0, 0.1) is 5.82 Å². The van der Waals surface area contributed by atoms with E-state index in [4.69, 9.17) is 0 Å². The minimum absolute atomic E-state index is 0.243. The molecule has 3 aromatic rings. The topological polar surface area (TPSA) is 35.9 Å². The quantitative estimate of drug-likeness (QED) is 0.609. The van der Waals surface area contributed by atoms with Crippen LogP contribution in [0.1, 0.15) is 11.1 Å². The summed E-state index contributed by atoms with van der Waals surface area (Å²) in [5.41, 5.74) is 3.69. The lowest BCUT2D eigenvalue weighted by atomic mass is 10.1. The van der Waals surface area contributed by atoms with Gasteiger partial charge in [0.15, 0.2) is 0 Å². The third-order valence-electron chi connectivity index (χ3n) is 4.69. The van der Waals surface area contributed by atoms with Crippen molar-refractivity contribution >= 4 is 29.2 Å². The molecule has 144 valence electrons. The lowest BCUT2D eigenvalue weighted by molar-refractivity contribution is -0.113. The number of hydrogen-bond acceptors (Lipinski definition) is 3. The second-order valence-electron chi connectivity index (χ2n) is 6.93. The van der Waals surface area contributed by atoms with E-state index >= 15 is 0 Å². The predicted molar refractivity (Wildman–Crippen MR) is 116 cm³/mol. The van der Waals surface area contributed by atoms with Crippen molar-refractivity contribution in [2.45, 2.75) is 0 Å². The summed E-state index contributed by atoms with van der Waals surface area (Å²) in [6.45, 7) is 0. The normalized spacial score (nSPS) is 15.0. The SMILES string of the molecule is CN(C)c1ccc(/C=C2/N=C(c3ccccc3)N(c3ccc(F)cc3)C2=O)cc1. The van der Waals surface area contributed by atoms with Gasteiger partial charge in [-0.2, -0.15) is 0 Å². The highest BCUT2D eigenvalue weighted by Crippen LogP contribution is 2.28. The summed E-state index contributed by atoms with van der Waals surface area (Å²) in [6, 6.07) is 23.2. The molecule has 0 bridgehead atoms. The summed E-state index contributed by atoms with van der Waals surface area (Å²) in [5.74, 6) is -0.0686. The maximum absolute atomic E-state index is 13.4. The molecule has 0 aromatic heterocycles. The monoisotopic (exact) mass is 385 g/mol. The number of amidine groups is 1. The van der Waals surface area contributed by atoms with Crippen LogP contribution in [0.5, 0.6) is 0 Å². The Balaban J connectivity index is 1.76. The number of aliphatic imine (C=N–C) groups is 1. The van der Waals surface area contributed by atoms with Crippen LogP contribution >= 0.6 is 0 Å². The molecule has 1 amide bonds. The van der Waals surface area contributed by atoms with E-state index in [1.54, 1.807) is 18.2 Å². The molecule has 5 heteroatoms. The van der Waals surface area contributed by atoms with E-state index in [-0.39, 0.29) is 11.7 Å². The smallest absolute Gasteiger partial charge is 0.282 e. The molecule has 0 radical (unpaired) electrons. The number of amides is 1. The molecule has 0 N–H and O–H groups in total. The third kappa shape index (κ3) is 3.80. The number of halogens is 1. The van der Waals surface area contributed by atoms with E-state index < -0.39 is 0 Å². The highest BCUT2D eigenvalue weighted by Gasteiger charge is 2.32. The standard InChI is InChI=1S/C24H20FN3O/c1-27(2)20-12-8-17(9-13-20)16-22-24(29)28(21-14-10-19(25)11-15-21)23(26-22)18-6-4-3-5-7-18/h3-16H,1-2H3/b22-16+. The van der Waals surface area contributed by atoms with E-state index in [1.807, 2.05) is 73.6 Å². The molecule has 0 atom stereocenters. The van der Waals surface area contributed by atoms with E-state index in [0.29, 0.717) is 17.2 Å². The van der Waals surface area contributed by atoms with Gasteiger partial charge in [0, 0.05) is 25.3 Å². The van der Waals surface area contributed by atoms with Crippen molar-refractivity contribution in [1.29, 1.82) is 0 Å². The summed E-state index contributed by atoms with van der Waals surface area (Å²) in [6.07, 6.45) is 1.77. The molecule has 1 heterocycles. The van der Waals surface area contributed by atoms with Gasteiger partial charge in [0.2, 0.25) is 0 Å². The molecular formula is C24H20FN3O. The van der Waals surface area contributed by atoms with Crippen LogP contribution in [-0.2, 0) is 4.79 Å². The van der Waals surface area contributed by atoms with Crippen LogP contribution in [0.15, 0.2) is 89.6 Å². The summed E-state index contributed by atoms with van der Waals surface area (Å²) >= 11 is 0. The Morgan fingerprint density at radius 3 is 2.17 bits per heavy atom. The molecule has 4 rings (SSSR count). The maximum atomic E-state index is 13.4. The summed E-state index contributed by atoms with van der Waals surface area (Å²) in [7, 11) is 3.95. The highest BCUT2D eigenvalue weighted by molar-refractivity contribution is 6.33. The van der Waals surface area contributed by atoms with Gasteiger partial charge in [-0.15, -0.1) is 0 Å². The number of anilines is 2. The first-order chi connectivity index (χ1) is 14.0. The van der Waals surface area contributed by atoms with Crippen LogP contribution < -0.4 is 9.80 Å². The van der Waals surface area contributed by atoms with Gasteiger partial charge in [-0.3, -0.25) is 9.69 Å². The number of carbonyl (C=O) groups is 1. The van der Waals surface area contributed by atoms with Crippen LogP contribution in [0.3, 0.4) is 0 Å². The second-order valence-corrected chi connectivity index (χ2v) is 6.93. The highest BCUT2D eigenvalue weighted by atomic mass is 19.1. The number of hydrogen-bond donors (Lipinski definition) is 0. The van der Waals surface area contributed by atoms with Crippen molar-refractivity contribution < 1.29 is 9.18 Å². The molecule has 0 unspecified atom stereocenters. The first-order valence-corrected chi connectivity index (χ1v) is 9.26. The summed E-state index contributed by atoms with van der Waals surface area (Å²) < 4.78 is 13.4. The number of carbonyl (C=O) groups excluding carboxylic acids is 1. The van der Waals surface area contributed by atoms with E-state index in [0.717, 1.165) is 16.8 Å². The lowest BCUT2D eigenvalue weighted by Gasteiger charge is -2.18. The fourth-order valence-corrected chi connectivity index (χ4v) is 3.15. The Hall–Kier alpha value is -3.73. The van der Waals surface area contributed by atoms with Crippen LogP contribution in [0.2, 0.25) is 0 Å². The number of benzene rings is 3. The lowest BCUT2D eigenvalue weighted by Crippen LogP contribution is -2.32. The number of nitrogens with zero attached hydrogens (tertiary/aromatic N) is 3. The maximum Gasteiger partial charge on any atom is 0.282 e. The van der Waals surface area contributed by atoms with Gasteiger partial charge in [0.25, 0.3) is 5.91 Å². The molecule has 0 aliphatic carbocycles. The Bertz CT molecular complexity index is 1090. The summed E-state index contributed by atoms with van der Waals surface area (Å²) in [5, 5.41) is 0. The van der Waals surface area contributed by atoms with E-state index in [2.05, 4.69) is 4.99 Å². The van der Waals surface area contributed by atoms with Crippen molar-refractivity contribution in [1.82, 2.24) is 0 Å². The zero-order valence-electron chi connectivity index (χ0n) is 16.2. The first kappa shape index (κ1) is 18.6. The zero-order valence-corrected chi connectivity index (χ0v) is 16.2. The largest absolute Gasteiger partial charge is 0.378 e. The fourth-order valence-electron chi connectivity index (χ4n) is 3.15. The van der Waals surface area contributed by atoms with Gasteiger partial charge >= 0.3 is 0 Å². The molecular weight excluding hydrogens is 365 g/mol. The van der Waals surface area contributed by atoms with Crippen molar-refractivity contribution in [3.05, 3.63) is 102 Å². The van der Waals surface area contributed by atoms with Gasteiger partial charge in [-0.1, -0.05) is 42.5 Å². The molecule has 29 heavy (non-hydrogen) atoms. The Morgan fingerprint density at radius 1 is 0.897 bits per heavy atom. The van der Waals surface area contributed by atoms with Gasteiger partial charge in [0.1, 0.15) is 17.3 Å². The Morgan fingerprint density at radius 2 is 1.55 bits per heavy atom. The predicted octanol–water partition coefficient (Wildman–Crippen LogP) is 4.73. The van der Waals surface area contributed by atoms with Crippen molar-refractivity contribution in [2.75, 3.05) is 23.9 Å². The van der Waals surface area contributed by atoms with Gasteiger partial charge in [-0.05, 0) is 48.0 Å². The second kappa shape index (κ2) is 7.72. The molecule has 1 aliphatic heterocycles.